The fourth-order valence-electron chi connectivity index (χ4n) is 4.30. The van der Waals surface area contributed by atoms with E-state index in [9.17, 15) is 14.4 Å². The molecule has 0 spiro atoms. The maximum absolute atomic E-state index is 13.6. The summed E-state index contributed by atoms with van der Waals surface area (Å²) in [6, 6.07) is 17.3. The highest BCUT2D eigenvalue weighted by atomic mass is 16.7. The average molecular weight is 504 g/mol. The minimum atomic E-state index is -1.01. The number of methoxy groups -OCH3 is 2. The molecule has 5 rings (SSSR count). The lowest BCUT2D eigenvalue weighted by Gasteiger charge is -2.22. The molecule has 0 aliphatic carbocycles. The van der Waals surface area contributed by atoms with E-state index < -0.39 is 23.9 Å². The molecular formula is C27H25N3O7. The molecule has 4 amide bonds. The van der Waals surface area contributed by atoms with Crippen LogP contribution < -0.4 is 29.2 Å². The van der Waals surface area contributed by atoms with Crippen LogP contribution in [0.3, 0.4) is 0 Å². The van der Waals surface area contributed by atoms with Crippen molar-refractivity contribution in [2.24, 2.45) is 0 Å². The van der Waals surface area contributed by atoms with Gasteiger partial charge in [-0.2, -0.15) is 0 Å². The van der Waals surface area contributed by atoms with Crippen molar-refractivity contribution in [2.75, 3.05) is 31.2 Å². The average Bonchev–Trinajstić information content (AvgIpc) is 3.47. The van der Waals surface area contributed by atoms with Crippen molar-refractivity contribution in [3.05, 3.63) is 72.3 Å². The van der Waals surface area contributed by atoms with Crippen LogP contribution in [0, 0.1) is 0 Å². The molecule has 0 aromatic heterocycles. The van der Waals surface area contributed by atoms with Gasteiger partial charge in [0.1, 0.15) is 17.5 Å². The molecule has 1 atom stereocenters. The summed E-state index contributed by atoms with van der Waals surface area (Å²) in [4.78, 5) is 42.6. The first kappa shape index (κ1) is 24.0. The zero-order chi connectivity index (χ0) is 25.9. The highest BCUT2D eigenvalue weighted by Gasteiger charge is 2.46. The fourth-order valence-corrected chi connectivity index (χ4v) is 4.30. The van der Waals surface area contributed by atoms with Gasteiger partial charge in [0.25, 0.3) is 5.91 Å². The van der Waals surface area contributed by atoms with E-state index >= 15 is 0 Å². The van der Waals surface area contributed by atoms with Crippen LogP contribution in [0.25, 0.3) is 0 Å². The molecule has 37 heavy (non-hydrogen) atoms. The van der Waals surface area contributed by atoms with E-state index in [0.717, 1.165) is 10.5 Å². The summed E-state index contributed by atoms with van der Waals surface area (Å²) < 4.78 is 21.2. The highest BCUT2D eigenvalue weighted by molar-refractivity contribution is 6.22. The Morgan fingerprint density at radius 3 is 2.46 bits per heavy atom. The Kier molecular flexibility index (Phi) is 6.55. The van der Waals surface area contributed by atoms with Crippen molar-refractivity contribution in [2.45, 2.75) is 19.0 Å². The molecule has 190 valence electrons. The molecule has 0 radical (unpaired) electrons. The molecule has 2 aliphatic rings. The first-order valence-corrected chi connectivity index (χ1v) is 11.6. The van der Waals surface area contributed by atoms with Crippen LogP contribution in [0.15, 0.2) is 66.7 Å². The maximum Gasteiger partial charge on any atom is 0.332 e. The third kappa shape index (κ3) is 4.86. The van der Waals surface area contributed by atoms with Crippen LogP contribution in [0.5, 0.6) is 23.0 Å². The second-order valence-electron chi connectivity index (χ2n) is 8.47. The molecule has 0 bridgehead atoms. The Labute approximate surface area is 213 Å². The number of urea groups is 1. The summed E-state index contributed by atoms with van der Waals surface area (Å²) in [6.45, 7) is 0.222. The lowest BCUT2D eigenvalue weighted by molar-refractivity contribution is -0.124. The number of nitrogens with zero attached hydrogens (tertiary/aromatic N) is 2. The number of amides is 4. The van der Waals surface area contributed by atoms with Gasteiger partial charge in [-0.15, -0.1) is 0 Å². The van der Waals surface area contributed by atoms with Gasteiger partial charge in [-0.1, -0.05) is 12.1 Å². The largest absolute Gasteiger partial charge is 0.497 e. The molecule has 0 saturated carbocycles. The molecule has 0 unspecified atom stereocenters. The number of carbonyl (C=O) groups excluding carboxylic acids is 3. The molecule has 3 aromatic rings. The second kappa shape index (κ2) is 10.1. The predicted octanol–water partition coefficient (Wildman–Crippen LogP) is 3.80. The quantitative estimate of drug-likeness (QED) is 0.466. The van der Waals surface area contributed by atoms with Gasteiger partial charge in [0.2, 0.25) is 12.7 Å². The normalized spacial score (nSPS) is 16.2. The van der Waals surface area contributed by atoms with Gasteiger partial charge in [0.05, 0.1) is 26.3 Å². The number of benzene rings is 3. The predicted molar refractivity (Wildman–Crippen MR) is 134 cm³/mol. The SMILES string of the molecule is COc1ccc(NC(=O)C[C@H]2C(=O)N(c3cccc(OC)c3)C(=O)N2Cc2ccc3c(c2)OCO3)cc1. The van der Waals surface area contributed by atoms with Crippen molar-refractivity contribution < 1.29 is 33.3 Å². The van der Waals surface area contributed by atoms with Crippen LogP contribution >= 0.6 is 0 Å². The topological polar surface area (TPSA) is 107 Å². The molecule has 10 nitrogen and oxygen atoms in total. The molecule has 2 heterocycles. The number of anilines is 2. The first-order valence-electron chi connectivity index (χ1n) is 11.6. The third-order valence-corrected chi connectivity index (χ3v) is 6.17. The lowest BCUT2D eigenvalue weighted by Crippen LogP contribution is -2.37. The standard InChI is InChI=1S/C27H25N3O7/c1-34-20-9-7-18(8-10-20)28-25(31)14-22-26(32)30(19-4-3-5-21(13-19)35-2)27(33)29(22)15-17-6-11-23-24(12-17)37-16-36-23/h3-13,22H,14-16H2,1-2H3,(H,28,31)/t22-/m0/s1. The lowest BCUT2D eigenvalue weighted by atomic mass is 10.1. The van der Waals surface area contributed by atoms with Crippen molar-refractivity contribution in [1.82, 2.24) is 4.90 Å². The van der Waals surface area contributed by atoms with Crippen LogP contribution in [0.4, 0.5) is 16.2 Å². The second-order valence-corrected chi connectivity index (χ2v) is 8.47. The molecule has 3 aromatic carbocycles. The van der Waals surface area contributed by atoms with E-state index in [1.807, 2.05) is 0 Å². The molecule has 2 aliphatic heterocycles. The van der Waals surface area contributed by atoms with E-state index in [-0.39, 0.29) is 19.8 Å². The van der Waals surface area contributed by atoms with Gasteiger partial charge in [-0.3, -0.25) is 9.59 Å². The van der Waals surface area contributed by atoms with Gasteiger partial charge in [-0.25, -0.2) is 9.69 Å². The molecule has 1 N–H and O–H groups in total. The van der Waals surface area contributed by atoms with Gasteiger partial charge >= 0.3 is 6.03 Å². The van der Waals surface area contributed by atoms with Crippen molar-refractivity contribution in [3.63, 3.8) is 0 Å². The molecule has 10 heteroatoms. The number of imide groups is 1. The van der Waals surface area contributed by atoms with E-state index in [2.05, 4.69) is 5.32 Å². The molecule has 1 fully saturated rings. The summed E-state index contributed by atoms with van der Waals surface area (Å²) >= 11 is 0. The minimum absolute atomic E-state index is 0.0994. The molecular weight excluding hydrogens is 478 g/mol. The number of hydrogen-bond donors (Lipinski definition) is 1. The minimum Gasteiger partial charge on any atom is -0.497 e. The Bertz CT molecular complexity index is 1340. The van der Waals surface area contributed by atoms with Crippen LogP contribution in [0.2, 0.25) is 0 Å². The number of nitrogens with one attached hydrogen (secondary N) is 1. The Hall–Kier alpha value is -4.73. The van der Waals surface area contributed by atoms with Crippen molar-refractivity contribution >= 4 is 29.2 Å². The van der Waals surface area contributed by atoms with E-state index in [1.54, 1.807) is 73.8 Å². The Balaban J connectivity index is 1.41. The fraction of sp³-hybridized carbons (Fsp3) is 0.222. The summed E-state index contributed by atoms with van der Waals surface area (Å²) in [5.41, 5.74) is 1.65. The Morgan fingerprint density at radius 1 is 0.946 bits per heavy atom. The van der Waals surface area contributed by atoms with Crippen LogP contribution in [-0.4, -0.2) is 49.8 Å². The van der Waals surface area contributed by atoms with Crippen LogP contribution in [0.1, 0.15) is 12.0 Å². The summed E-state index contributed by atoms with van der Waals surface area (Å²) in [7, 11) is 3.06. The van der Waals surface area contributed by atoms with E-state index in [4.69, 9.17) is 18.9 Å². The highest BCUT2D eigenvalue weighted by Crippen LogP contribution is 2.35. The monoisotopic (exact) mass is 503 g/mol. The van der Waals surface area contributed by atoms with Gasteiger partial charge in [0.15, 0.2) is 11.5 Å². The number of carbonyl (C=O) groups is 3. The number of fused-ring (bicyclic) bond motifs is 1. The van der Waals surface area contributed by atoms with Gasteiger partial charge in [-0.05, 0) is 54.1 Å². The van der Waals surface area contributed by atoms with Crippen molar-refractivity contribution in [1.29, 1.82) is 0 Å². The number of ether oxygens (including phenoxy) is 4. The zero-order valence-corrected chi connectivity index (χ0v) is 20.3. The van der Waals surface area contributed by atoms with Crippen molar-refractivity contribution in [3.8, 4) is 23.0 Å². The maximum atomic E-state index is 13.6. The number of hydrogen-bond acceptors (Lipinski definition) is 7. The smallest absolute Gasteiger partial charge is 0.332 e. The van der Waals surface area contributed by atoms with E-state index in [1.165, 1.54) is 12.0 Å². The molecule has 1 saturated heterocycles. The van der Waals surface area contributed by atoms with Gasteiger partial charge < -0.3 is 29.2 Å². The Morgan fingerprint density at radius 2 is 1.70 bits per heavy atom. The third-order valence-electron chi connectivity index (χ3n) is 6.17. The van der Waals surface area contributed by atoms with Gasteiger partial charge in [0, 0.05) is 18.3 Å². The van der Waals surface area contributed by atoms with E-state index in [0.29, 0.717) is 34.4 Å². The summed E-state index contributed by atoms with van der Waals surface area (Å²) in [5.74, 6) is 1.43. The number of rotatable bonds is 8. The summed E-state index contributed by atoms with van der Waals surface area (Å²) in [6.07, 6.45) is -0.221. The van der Waals surface area contributed by atoms with Crippen LogP contribution in [-0.2, 0) is 16.1 Å². The summed E-state index contributed by atoms with van der Waals surface area (Å²) in [5, 5.41) is 2.79. The first-order chi connectivity index (χ1) is 18.0. The zero-order valence-electron chi connectivity index (χ0n) is 20.3.